The Kier molecular flexibility index (Phi) is 5.91. The van der Waals surface area contributed by atoms with Crippen LogP contribution in [0.1, 0.15) is 43.2 Å². The van der Waals surface area contributed by atoms with E-state index >= 15 is 0 Å². The highest BCUT2D eigenvalue weighted by molar-refractivity contribution is 5.89. The molecular formula is C25H28N2O5. The number of benzene rings is 2. The number of aliphatic carboxylic acids is 1. The van der Waals surface area contributed by atoms with Crippen LogP contribution in [0.3, 0.4) is 0 Å². The SMILES string of the molecule is CCC(C(=O)O)N(C)C(=O)C1(CNC(=O)OCC2c3ccccc3-c3ccccc32)CC1. The Morgan fingerprint density at radius 1 is 1.09 bits per heavy atom. The highest BCUT2D eigenvalue weighted by Gasteiger charge is 2.52. The minimum absolute atomic E-state index is 0.0309. The number of carboxylic acids is 1. The number of likely N-dealkylation sites (N-methyl/N-ethyl adjacent to an activating group) is 1. The Morgan fingerprint density at radius 2 is 1.66 bits per heavy atom. The van der Waals surface area contributed by atoms with Crippen LogP contribution in [0.4, 0.5) is 4.79 Å². The standard InChI is InChI=1S/C25H28N2O5/c1-3-21(22(28)29)27(2)23(30)25(12-13-25)15-26-24(31)32-14-20-18-10-6-4-8-16(18)17-9-5-7-11-19(17)20/h4-11,20-21H,3,12-15H2,1-2H3,(H,26,31)(H,28,29). The van der Waals surface area contributed by atoms with Gasteiger partial charge >= 0.3 is 12.1 Å². The minimum atomic E-state index is -1.02. The summed E-state index contributed by atoms with van der Waals surface area (Å²) in [6.45, 7) is 2.08. The van der Waals surface area contributed by atoms with E-state index in [-0.39, 0.29) is 25.0 Å². The first-order valence-electron chi connectivity index (χ1n) is 11.0. The van der Waals surface area contributed by atoms with Crippen LogP contribution in [0.25, 0.3) is 11.1 Å². The van der Waals surface area contributed by atoms with Crippen LogP contribution in [0.5, 0.6) is 0 Å². The number of carbonyl (C=O) groups is 3. The molecule has 0 heterocycles. The monoisotopic (exact) mass is 436 g/mol. The molecule has 2 aliphatic carbocycles. The summed E-state index contributed by atoms with van der Waals surface area (Å²) >= 11 is 0. The molecule has 2 amide bonds. The molecule has 32 heavy (non-hydrogen) atoms. The van der Waals surface area contributed by atoms with Crippen LogP contribution in [0.2, 0.25) is 0 Å². The number of alkyl carbamates (subject to hydrolysis) is 1. The maximum Gasteiger partial charge on any atom is 0.407 e. The number of carboxylic acid groups (broad SMARTS) is 1. The van der Waals surface area contributed by atoms with E-state index in [4.69, 9.17) is 4.74 Å². The molecule has 0 spiro atoms. The number of nitrogens with one attached hydrogen (secondary N) is 1. The Hall–Kier alpha value is -3.35. The van der Waals surface area contributed by atoms with Gasteiger partial charge in [-0.3, -0.25) is 4.79 Å². The average Bonchev–Trinajstić information content (AvgIpc) is 3.52. The molecule has 2 aromatic rings. The van der Waals surface area contributed by atoms with E-state index in [2.05, 4.69) is 29.6 Å². The van der Waals surface area contributed by atoms with Crippen molar-refractivity contribution in [2.45, 2.75) is 38.1 Å². The van der Waals surface area contributed by atoms with Gasteiger partial charge in [0.1, 0.15) is 12.6 Å². The summed E-state index contributed by atoms with van der Waals surface area (Å²) in [5, 5.41) is 12.0. The van der Waals surface area contributed by atoms with Gasteiger partial charge in [0.05, 0.1) is 5.41 Å². The van der Waals surface area contributed by atoms with Crippen molar-refractivity contribution in [1.29, 1.82) is 0 Å². The fourth-order valence-corrected chi connectivity index (χ4v) is 4.64. The number of rotatable bonds is 8. The number of nitrogens with zero attached hydrogens (tertiary/aromatic N) is 1. The molecule has 7 heteroatoms. The normalized spacial score (nSPS) is 16.4. The lowest BCUT2D eigenvalue weighted by molar-refractivity contribution is -0.151. The third kappa shape index (κ3) is 3.95. The molecule has 0 radical (unpaired) electrons. The molecular weight excluding hydrogens is 408 g/mol. The highest BCUT2D eigenvalue weighted by atomic mass is 16.5. The van der Waals surface area contributed by atoms with Gasteiger partial charge in [0.15, 0.2) is 0 Å². The summed E-state index contributed by atoms with van der Waals surface area (Å²) in [4.78, 5) is 38.0. The van der Waals surface area contributed by atoms with Gasteiger partial charge in [0.2, 0.25) is 5.91 Å². The van der Waals surface area contributed by atoms with Crippen molar-refractivity contribution in [2.24, 2.45) is 5.41 Å². The molecule has 2 aromatic carbocycles. The molecule has 4 rings (SSSR count). The van der Waals surface area contributed by atoms with Crippen molar-refractivity contribution in [3.63, 3.8) is 0 Å². The largest absolute Gasteiger partial charge is 0.480 e. The molecule has 2 aliphatic rings. The summed E-state index contributed by atoms with van der Waals surface area (Å²) in [6.07, 6.45) is 0.998. The number of hydrogen-bond acceptors (Lipinski definition) is 4. The van der Waals surface area contributed by atoms with Gasteiger partial charge < -0.3 is 20.1 Å². The van der Waals surface area contributed by atoms with Crippen LogP contribution in [0.15, 0.2) is 48.5 Å². The van der Waals surface area contributed by atoms with E-state index in [9.17, 15) is 19.5 Å². The predicted molar refractivity (Wildman–Crippen MR) is 119 cm³/mol. The molecule has 0 aliphatic heterocycles. The Labute approximate surface area is 187 Å². The van der Waals surface area contributed by atoms with Crippen LogP contribution >= 0.6 is 0 Å². The van der Waals surface area contributed by atoms with Gasteiger partial charge in [-0.25, -0.2) is 9.59 Å². The van der Waals surface area contributed by atoms with Crippen molar-refractivity contribution >= 4 is 18.0 Å². The second kappa shape index (κ2) is 8.65. The molecule has 0 saturated heterocycles. The van der Waals surface area contributed by atoms with Crippen molar-refractivity contribution in [2.75, 3.05) is 20.2 Å². The molecule has 1 fully saturated rings. The summed E-state index contributed by atoms with van der Waals surface area (Å²) in [5.41, 5.74) is 3.86. The van der Waals surface area contributed by atoms with E-state index in [0.717, 1.165) is 22.3 Å². The van der Waals surface area contributed by atoms with Gasteiger partial charge in [-0.15, -0.1) is 0 Å². The number of amides is 2. The lowest BCUT2D eigenvalue weighted by atomic mass is 9.98. The zero-order valence-corrected chi connectivity index (χ0v) is 18.3. The van der Waals surface area contributed by atoms with Crippen LogP contribution in [-0.4, -0.2) is 54.2 Å². The van der Waals surface area contributed by atoms with Crippen LogP contribution < -0.4 is 5.32 Å². The number of carbonyl (C=O) groups excluding carboxylic acids is 2. The first-order chi connectivity index (χ1) is 15.4. The fraction of sp³-hybridized carbons (Fsp3) is 0.400. The summed E-state index contributed by atoms with van der Waals surface area (Å²) in [5.74, 6) is -1.30. The van der Waals surface area contributed by atoms with Crippen LogP contribution in [0, 0.1) is 5.41 Å². The number of hydrogen-bond donors (Lipinski definition) is 2. The van der Waals surface area contributed by atoms with E-state index in [1.807, 2.05) is 24.3 Å². The third-order valence-corrected chi connectivity index (χ3v) is 6.68. The predicted octanol–water partition coefficient (Wildman–Crippen LogP) is 3.63. The second-order valence-electron chi connectivity index (χ2n) is 8.64. The van der Waals surface area contributed by atoms with Gasteiger partial charge in [0, 0.05) is 19.5 Å². The van der Waals surface area contributed by atoms with Crippen molar-refractivity contribution in [3.05, 3.63) is 59.7 Å². The first kappa shape index (κ1) is 21.9. The number of fused-ring (bicyclic) bond motifs is 3. The zero-order valence-electron chi connectivity index (χ0n) is 18.3. The summed E-state index contributed by atoms with van der Waals surface area (Å²) in [6, 6.07) is 15.4. The van der Waals surface area contributed by atoms with E-state index in [0.29, 0.717) is 19.3 Å². The van der Waals surface area contributed by atoms with Crippen molar-refractivity contribution < 1.29 is 24.2 Å². The summed E-state index contributed by atoms with van der Waals surface area (Å²) < 4.78 is 5.54. The molecule has 1 unspecified atom stereocenters. The van der Waals surface area contributed by atoms with Crippen LogP contribution in [-0.2, 0) is 14.3 Å². The van der Waals surface area contributed by atoms with Gasteiger partial charge in [-0.2, -0.15) is 0 Å². The fourth-order valence-electron chi connectivity index (χ4n) is 4.64. The molecule has 2 N–H and O–H groups in total. The Morgan fingerprint density at radius 3 is 2.16 bits per heavy atom. The lowest BCUT2D eigenvalue weighted by Gasteiger charge is -2.28. The van der Waals surface area contributed by atoms with Gasteiger partial charge in [-0.1, -0.05) is 55.5 Å². The van der Waals surface area contributed by atoms with E-state index in [1.165, 1.54) is 11.9 Å². The van der Waals surface area contributed by atoms with Crippen molar-refractivity contribution in [3.8, 4) is 11.1 Å². The molecule has 7 nitrogen and oxygen atoms in total. The Balaban J connectivity index is 1.35. The zero-order chi connectivity index (χ0) is 22.9. The molecule has 0 bridgehead atoms. The first-order valence-corrected chi connectivity index (χ1v) is 11.0. The quantitative estimate of drug-likeness (QED) is 0.659. The molecule has 168 valence electrons. The number of ether oxygens (including phenoxy) is 1. The maximum atomic E-state index is 12.9. The molecule has 1 saturated carbocycles. The topological polar surface area (TPSA) is 95.9 Å². The maximum absolute atomic E-state index is 12.9. The average molecular weight is 437 g/mol. The Bertz CT molecular complexity index is 1000. The van der Waals surface area contributed by atoms with Crippen molar-refractivity contribution in [1.82, 2.24) is 10.2 Å². The third-order valence-electron chi connectivity index (χ3n) is 6.68. The second-order valence-corrected chi connectivity index (χ2v) is 8.64. The van der Waals surface area contributed by atoms with Gasteiger partial charge in [-0.05, 0) is 41.5 Å². The summed E-state index contributed by atoms with van der Waals surface area (Å²) in [7, 11) is 1.51. The van der Waals surface area contributed by atoms with Gasteiger partial charge in [0.25, 0.3) is 0 Å². The smallest absolute Gasteiger partial charge is 0.407 e. The highest BCUT2D eigenvalue weighted by Crippen LogP contribution is 2.47. The lowest BCUT2D eigenvalue weighted by Crippen LogP contribution is -2.48. The minimum Gasteiger partial charge on any atom is -0.480 e. The van der Waals surface area contributed by atoms with E-state index < -0.39 is 23.5 Å². The van der Waals surface area contributed by atoms with E-state index in [1.54, 1.807) is 6.92 Å². The molecule has 1 atom stereocenters. The molecule has 0 aromatic heterocycles.